The fourth-order valence-electron chi connectivity index (χ4n) is 6.19. The van der Waals surface area contributed by atoms with E-state index >= 15 is 0 Å². The van der Waals surface area contributed by atoms with Gasteiger partial charge in [-0.3, -0.25) is 4.98 Å². The van der Waals surface area contributed by atoms with Gasteiger partial charge in [0.15, 0.2) is 0 Å². The van der Waals surface area contributed by atoms with Gasteiger partial charge in [0, 0.05) is 56.5 Å². The van der Waals surface area contributed by atoms with Gasteiger partial charge in [-0.1, -0.05) is 79.2 Å². The fourth-order valence-corrected chi connectivity index (χ4v) is 7.67. The number of nitrogens with zero attached hydrogens (tertiary/aromatic N) is 2. The number of para-hydroxylation sites is 1. The van der Waals surface area contributed by atoms with Crippen molar-refractivity contribution in [3.8, 4) is 22.6 Å². The molecule has 0 fully saturated rings. The van der Waals surface area contributed by atoms with Crippen LogP contribution in [0.4, 0.5) is 0 Å². The molecule has 0 spiro atoms. The van der Waals surface area contributed by atoms with Crippen molar-refractivity contribution in [1.82, 2.24) is 9.55 Å². The first-order valence-corrected chi connectivity index (χ1v) is 16.9. The Hall–Kier alpha value is -4.72. The third-order valence-corrected chi connectivity index (χ3v) is 9.94. The largest absolute Gasteiger partial charge is 0.492 e. The van der Waals surface area contributed by atoms with Gasteiger partial charge in [-0.05, 0) is 60.0 Å². The summed E-state index contributed by atoms with van der Waals surface area (Å²) in [6.07, 6.45) is 3.40. The van der Waals surface area contributed by atoms with E-state index in [9.17, 15) is 9.90 Å². The molecule has 0 bridgehead atoms. The highest BCUT2D eigenvalue weighted by molar-refractivity contribution is 8.00. The molecular weight excluding hydrogens is 628 g/mol. The van der Waals surface area contributed by atoms with Crippen LogP contribution in [0.15, 0.2) is 114 Å². The summed E-state index contributed by atoms with van der Waals surface area (Å²) in [5.41, 5.74) is 7.89. The molecule has 1 aliphatic rings. The van der Waals surface area contributed by atoms with Gasteiger partial charge in [-0.25, -0.2) is 4.79 Å². The van der Waals surface area contributed by atoms with Crippen LogP contribution in [0.25, 0.3) is 22.0 Å². The van der Waals surface area contributed by atoms with E-state index in [2.05, 4.69) is 58.9 Å². The minimum absolute atomic E-state index is 0.159. The predicted octanol–water partition coefficient (Wildman–Crippen LogP) is 9.34. The smallest absolute Gasteiger partial charge is 0.339 e. The second-order valence-electron chi connectivity index (χ2n) is 11.7. The molecule has 1 atom stereocenters. The van der Waals surface area contributed by atoms with Crippen molar-refractivity contribution in [3.05, 3.63) is 142 Å². The number of pyridine rings is 1. The third kappa shape index (κ3) is 6.59. The number of rotatable bonds is 11. The molecule has 0 amide bonds. The fraction of sp³-hybridized carbons (Fsp3) is 0.179. The lowest BCUT2D eigenvalue weighted by atomic mass is 10.0. The van der Waals surface area contributed by atoms with Gasteiger partial charge in [-0.2, -0.15) is 0 Å². The minimum Gasteiger partial charge on any atom is -0.492 e. The highest BCUT2D eigenvalue weighted by Gasteiger charge is 2.29. The average Bonchev–Trinajstić information content (AvgIpc) is 3.38. The monoisotopic (exact) mass is 660 g/mol. The molecule has 0 saturated carbocycles. The second kappa shape index (κ2) is 13.6. The van der Waals surface area contributed by atoms with E-state index in [1.165, 1.54) is 15.8 Å². The summed E-state index contributed by atoms with van der Waals surface area (Å²) < 4.78 is 14.9. The summed E-state index contributed by atoms with van der Waals surface area (Å²) in [4.78, 5) is 17.7. The van der Waals surface area contributed by atoms with Gasteiger partial charge in [0.2, 0.25) is 0 Å². The maximum absolute atomic E-state index is 11.8. The van der Waals surface area contributed by atoms with E-state index < -0.39 is 5.97 Å². The van der Waals surface area contributed by atoms with E-state index in [0.717, 1.165) is 45.8 Å². The number of hydrogen-bond acceptors (Lipinski definition) is 5. The van der Waals surface area contributed by atoms with Gasteiger partial charge in [0.25, 0.3) is 0 Å². The topological polar surface area (TPSA) is 73.6 Å². The molecule has 4 aromatic carbocycles. The average molecular weight is 661 g/mol. The van der Waals surface area contributed by atoms with Crippen molar-refractivity contribution in [1.29, 1.82) is 0 Å². The highest BCUT2D eigenvalue weighted by atomic mass is 35.5. The summed E-state index contributed by atoms with van der Waals surface area (Å²) >= 11 is 8.10. The van der Waals surface area contributed by atoms with E-state index in [4.69, 9.17) is 21.1 Å². The van der Waals surface area contributed by atoms with Gasteiger partial charge in [0.1, 0.15) is 23.7 Å². The first-order chi connectivity index (χ1) is 22.9. The zero-order valence-corrected chi connectivity index (χ0v) is 27.4. The number of thioether (sulfide) groups is 1. The summed E-state index contributed by atoms with van der Waals surface area (Å²) in [6.45, 7) is 3.63. The van der Waals surface area contributed by atoms with Crippen LogP contribution < -0.4 is 9.47 Å². The number of carboxylic acid groups (broad SMARTS) is 1. The molecule has 0 saturated heterocycles. The zero-order chi connectivity index (χ0) is 32.3. The molecule has 6 aromatic rings. The maximum atomic E-state index is 11.8. The van der Waals surface area contributed by atoms with Crippen molar-refractivity contribution >= 4 is 40.2 Å². The van der Waals surface area contributed by atoms with Crippen LogP contribution >= 0.6 is 23.4 Å². The predicted molar refractivity (Wildman–Crippen MR) is 188 cm³/mol. The normalized spacial score (nSPS) is 13.9. The molecule has 8 heteroatoms. The summed E-state index contributed by atoms with van der Waals surface area (Å²) in [5, 5.41) is 11.9. The summed E-state index contributed by atoms with van der Waals surface area (Å²) in [7, 11) is 0. The molecule has 0 radical (unpaired) electrons. The lowest BCUT2D eigenvalue weighted by molar-refractivity contribution is 0.0692. The maximum Gasteiger partial charge on any atom is 0.339 e. The quantitative estimate of drug-likeness (QED) is 0.149. The number of aromatic carboxylic acids is 1. The Morgan fingerprint density at radius 3 is 2.47 bits per heavy atom. The lowest BCUT2D eigenvalue weighted by Gasteiger charge is -2.22. The van der Waals surface area contributed by atoms with Gasteiger partial charge < -0.3 is 19.1 Å². The summed E-state index contributed by atoms with van der Waals surface area (Å²) in [5.74, 6) is 0.245. The number of carboxylic acids is 1. The van der Waals surface area contributed by atoms with E-state index in [1.54, 1.807) is 24.3 Å². The minimum atomic E-state index is -1.00. The van der Waals surface area contributed by atoms with Crippen LogP contribution in [0.1, 0.15) is 39.8 Å². The highest BCUT2D eigenvalue weighted by Crippen LogP contribution is 2.47. The number of hydrogen-bond donors (Lipinski definition) is 1. The Bertz CT molecular complexity index is 2040. The van der Waals surface area contributed by atoms with E-state index in [0.29, 0.717) is 42.2 Å². The number of benzene rings is 4. The Morgan fingerprint density at radius 2 is 1.70 bits per heavy atom. The molecule has 1 N–H and O–H groups in total. The van der Waals surface area contributed by atoms with Crippen molar-refractivity contribution < 1.29 is 19.4 Å². The number of aromatic nitrogens is 2. The third-order valence-electron chi connectivity index (χ3n) is 8.44. The first-order valence-electron chi connectivity index (χ1n) is 15.6. The summed E-state index contributed by atoms with van der Waals surface area (Å²) in [6, 6.07) is 33.3. The molecule has 236 valence electrons. The van der Waals surface area contributed by atoms with Crippen molar-refractivity contribution in [3.63, 3.8) is 0 Å². The van der Waals surface area contributed by atoms with Crippen molar-refractivity contribution in [2.75, 3.05) is 6.61 Å². The molecule has 7 rings (SSSR count). The molecular formula is C39H33ClN2O4S. The Labute approximate surface area is 283 Å². The van der Waals surface area contributed by atoms with Crippen LogP contribution in [0.3, 0.4) is 0 Å². The molecule has 6 nitrogen and oxygen atoms in total. The molecule has 1 unspecified atom stereocenters. The van der Waals surface area contributed by atoms with Crippen LogP contribution in [0, 0.1) is 0 Å². The number of halogens is 1. The molecule has 47 heavy (non-hydrogen) atoms. The lowest BCUT2D eigenvalue weighted by Crippen LogP contribution is -2.12. The van der Waals surface area contributed by atoms with Crippen LogP contribution in [0.2, 0.25) is 5.02 Å². The van der Waals surface area contributed by atoms with Crippen LogP contribution in [0.5, 0.6) is 11.5 Å². The molecule has 1 aliphatic heterocycles. The Kier molecular flexibility index (Phi) is 8.92. The molecule has 3 heterocycles. The van der Waals surface area contributed by atoms with Gasteiger partial charge >= 0.3 is 5.97 Å². The van der Waals surface area contributed by atoms with Crippen LogP contribution in [-0.2, 0) is 26.0 Å². The number of ether oxygens (including phenoxy) is 2. The standard InChI is InChI=1S/C39H33ClN2O4S/c1-25-21-32-36(46-24-30-16-13-28(22-41-30)27-7-3-2-4-8-27)18-17-33-37(32)38(47-25)34(42(33)23-26-11-14-29(40)15-12-26)19-20-45-35-10-6-5-9-31(35)39(43)44/h2-18,22,25H,19-21,23-24H2,1H3,(H,43,44). The van der Waals surface area contributed by atoms with Crippen molar-refractivity contribution in [2.24, 2.45) is 0 Å². The molecule has 2 aromatic heterocycles. The van der Waals surface area contributed by atoms with Gasteiger partial charge in [0.05, 0.1) is 17.8 Å². The van der Waals surface area contributed by atoms with Crippen molar-refractivity contribution in [2.45, 2.75) is 43.1 Å². The van der Waals surface area contributed by atoms with Crippen LogP contribution in [-0.4, -0.2) is 32.5 Å². The van der Waals surface area contributed by atoms with E-state index in [1.807, 2.05) is 54.4 Å². The SMILES string of the molecule is CC1Cc2c(OCc3ccc(-c4ccccc4)cn3)ccc3c2c(c(CCOc2ccccc2C(=O)O)n3Cc2ccc(Cl)cc2)S1. The first kappa shape index (κ1) is 30.9. The molecule has 0 aliphatic carbocycles. The second-order valence-corrected chi connectivity index (χ2v) is 13.5. The zero-order valence-electron chi connectivity index (χ0n) is 25.9. The van der Waals surface area contributed by atoms with E-state index in [-0.39, 0.29) is 5.56 Å². The number of carbonyl (C=O) groups is 1. The van der Waals surface area contributed by atoms with Gasteiger partial charge in [-0.15, -0.1) is 11.8 Å². The Morgan fingerprint density at radius 1 is 0.915 bits per heavy atom. The Balaban J connectivity index is 1.21.